The summed E-state index contributed by atoms with van der Waals surface area (Å²) < 4.78 is 7.12. The van der Waals surface area contributed by atoms with Gasteiger partial charge in [-0.25, -0.2) is 15.0 Å². The van der Waals surface area contributed by atoms with Gasteiger partial charge in [0.15, 0.2) is 17.5 Å². The lowest BCUT2D eigenvalue weighted by Crippen LogP contribution is -2.00. The van der Waals surface area contributed by atoms with Gasteiger partial charge in [0.2, 0.25) is 0 Å². The number of hydrogen-bond acceptors (Lipinski definition) is 4. The van der Waals surface area contributed by atoms with Gasteiger partial charge in [0.25, 0.3) is 0 Å². The summed E-state index contributed by atoms with van der Waals surface area (Å²) in [5, 5.41) is 6.68. The van der Waals surface area contributed by atoms with Crippen LogP contribution in [0, 0.1) is 0 Å². The Bertz CT molecular complexity index is 3270. The van der Waals surface area contributed by atoms with Gasteiger partial charge in [-0.15, -0.1) is 0 Å². The Morgan fingerprint density at radius 2 is 0.789 bits per heavy atom. The Hall–Kier alpha value is -7.69. The van der Waals surface area contributed by atoms with E-state index in [1.54, 1.807) is 0 Å². The van der Waals surface area contributed by atoms with E-state index < -0.39 is 0 Å². The Morgan fingerprint density at radius 1 is 0.281 bits per heavy atom. The first kappa shape index (κ1) is 32.7. The maximum Gasteiger partial charge on any atom is 0.164 e. The molecule has 0 radical (unpaired) electrons. The monoisotopic (exact) mass is 727 g/mol. The zero-order valence-corrected chi connectivity index (χ0v) is 30.8. The first-order valence-corrected chi connectivity index (χ1v) is 19.2. The van der Waals surface area contributed by atoms with Crippen molar-refractivity contribution in [3.05, 3.63) is 200 Å². The van der Waals surface area contributed by atoms with E-state index in [4.69, 9.17) is 19.4 Å². The van der Waals surface area contributed by atoms with Crippen molar-refractivity contribution in [1.29, 1.82) is 0 Å². The van der Waals surface area contributed by atoms with Crippen LogP contribution < -0.4 is 0 Å². The summed E-state index contributed by atoms with van der Waals surface area (Å²) in [6.07, 6.45) is 0. The van der Waals surface area contributed by atoms with Gasteiger partial charge in [0.05, 0.1) is 0 Å². The Labute approximate surface area is 329 Å². The molecular formula is C53H33N3O. The highest BCUT2D eigenvalue weighted by atomic mass is 16.3. The summed E-state index contributed by atoms with van der Waals surface area (Å²) in [6, 6.07) is 69.8. The van der Waals surface area contributed by atoms with Crippen LogP contribution in [0.15, 0.2) is 205 Å². The second-order valence-electron chi connectivity index (χ2n) is 14.4. The van der Waals surface area contributed by atoms with Crippen molar-refractivity contribution >= 4 is 43.5 Å². The van der Waals surface area contributed by atoms with Crippen molar-refractivity contribution in [2.75, 3.05) is 0 Å². The number of hydrogen-bond donors (Lipinski definition) is 0. The van der Waals surface area contributed by atoms with Crippen molar-refractivity contribution in [2.45, 2.75) is 0 Å². The van der Waals surface area contributed by atoms with Crippen LogP contribution in [-0.2, 0) is 0 Å². The van der Waals surface area contributed by atoms with E-state index >= 15 is 0 Å². The van der Waals surface area contributed by atoms with E-state index in [1.165, 1.54) is 16.2 Å². The molecule has 4 nitrogen and oxygen atoms in total. The largest absolute Gasteiger partial charge is 0.455 e. The number of nitrogens with zero attached hydrogens (tertiary/aromatic N) is 3. The third-order valence-electron chi connectivity index (χ3n) is 10.9. The Morgan fingerprint density at radius 3 is 1.49 bits per heavy atom. The molecule has 0 bridgehead atoms. The second kappa shape index (κ2) is 13.6. The maximum absolute atomic E-state index is 7.12. The Balaban J connectivity index is 1.23. The van der Waals surface area contributed by atoms with E-state index in [-0.39, 0.29) is 0 Å². The van der Waals surface area contributed by atoms with E-state index in [9.17, 15) is 0 Å². The predicted octanol–water partition coefficient (Wildman–Crippen LogP) is 14.1. The van der Waals surface area contributed by atoms with Crippen LogP contribution in [0.3, 0.4) is 0 Å². The minimum absolute atomic E-state index is 0.579. The first-order chi connectivity index (χ1) is 28.2. The van der Waals surface area contributed by atoms with Crippen molar-refractivity contribution < 1.29 is 4.42 Å². The lowest BCUT2D eigenvalue weighted by Gasteiger charge is -2.12. The normalized spacial score (nSPS) is 11.5. The Kier molecular flexibility index (Phi) is 7.78. The molecule has 0 fully saturated rings. The molecule has 0 amide bonds. The highest BCUT2D eigenvalue weighted by Gasteiger charge is 2.23. The number of aromatic nitrogens is 3. The maximum atomic E-state index is 7.12. The summed E-state index contributed by atoms with van der Waals surface area (Å²) >= 11 is 0. The molecule has 57 heavy (non-hydrogen) atoms. The van der Waals surface area contributed by atoms with Gasteiger partial charge in [-0.3, -0.25) is 0 Å². The molecule has 0 aliphatic heterocycles. The van der Waals surface area contributed by atoms with Gasteiger partial charge in [-0.1, -0.05) is 170 Å². The molecule has 0 aliphatic rings. The molecule has 0 saturated carbocycles. The average molecular weight is 728 g/mol. The van der Waals surface area contributed by atoms with Crippen molar-refractivity contribution in [3.63, 3.8) is 0 Å². The lowest BCUT2D eigenvalue weighted by atomic mass is 9.93. The molecule has 0 unspecified atom stereocenters. The molecular weight excluding hydrogens is 695 g/mol. The van der Waals surface area contributed by atoms with E-state index in [1.807, 2.05) is 30.3 Å². The van der Waals surface area contributed by atoms with Crippen molar-refractivity contribution in [3.8, 4) is 67.5 Å². The molecule has 11 aromatic rings. The SMILES string of the molecule is c1ccc(-c2cc(-c3ccccc3)c3oc4c(-c5ccccc5)ccc(-c5nc(-c6ccccc6)nc(-c6ccc7ccc8ccccc8c7c6)n5)c4c3c2)cc1. The molecule has 0 N–H and O–H groups in total. The molecule has 2 heterocycles. The topological polar surface area (TPSA) is 51.8 Å². The van der Waals surface area contributed by atoms with Crippen LogP contribution in [0.2, 0.25) is 0 Å². The number of fused-ring (bicyclic) bond motifs is 6. The highest BCUT2D eigenvalue weighted by molar-refractivity contribution is 6.19. The quantitative estimate of drug-likeness (QED) is 0.160. The van der Waals surface area contributed by atoms with Crippen LogP contribution >= 0.6 is 0 Å². The third-order valence-corrected chi connectivity index (χ3v) is 10.9. The van der Waals surface area contributed by atoms with Gasteiger partial charge >= 0.3 is 0 Å². The first-order valence-electron chi connectivity index (χ1n) is 19.2. The summed E-state index contributed by atoms with van der Waals surface area (Å²) in [5.74, 6) is 1.80. The average Bonchev–Trinajstić information content (AvgIpc) is 3.69. The van der Waals surface area contributed by atoms with Gasteiger partial charge < -0.3 is 4.42 Å². The van der Waals surface area contributed by atoms with E-state index in [0.29, 0.717) is 17.5 Å². The zero-order chi connectivity index (χ0) is 37.7. The van der Waals surface area contributed by atoms with E-state index in [0.717, 1.165) is 77.4 Å². The smallest absolute Gasteiger partial charge is 0.164 e. The van der Waals surface area contributed by atoms with Crippen LogP contribution in [-0.4, -0.2) is 15.0 Å². The lowest BCUT2D eigenvalue weighted by molar-refractivity contribution is 0.671. The van der Waals surface area contributed by atoms with Crippen LogP contribution in [0.25, 0.3) is 111 Å². The molecule has 0 spiro atoms. The number of benzene rings is 9. The van der Waals surface area contributed by atoms with Gasteiger partial charge in [-0.05, 0) is 74.1 Å². The summed E-state index contributed by atoms with van der Waals surface area (Å²) in [5.41, 5.74) is 10.7. The predicted molar refractivity (Wildman–Crippen MR) is 235 cm³/mol. The second-order valence-corrected chi connectivity index (χ2v) is 14.4. The summed E-state index contributed by atoms with van der Waals surface area (Å²) in [6.45, 7) is 0. The standard InChI is InChI=1S/C53H33N3O/c1-5-15-34(16-6-1)41-32-46(36-19-9-3-10-20-36)49-47(33-41)48-44(30-29-43(50(48)57-49)35-17-7-2-8-18-35)53-55-51(39-22-11-4-12-23-39)54-52(56-53)40-28-27-38-26-25-37-21-13-14-24-42(37)45(38)31-40/h1-33H. The number of rotatable bonds is 6. The molecule has 2 aromatic heterocycles. The summed E-state index contributed by atoms with van der Waals surface area (Å²) in [7, 11) is 0. The minimum Gasteiger partial charge on any atom is -0.455 e. The van der Waals surface area contributed by atoms with Gasteiger partial charge in [0.1, 0.15) is 11.2 Å². The van der Waals surface area contributed by atoms with Crippen LogP contribution in [0.1, 0.15) is 0 Å². The fourth-order valence-corrected chi connectivity index (χ4v) is 8.13. The van der Waals surface area contributed by atoms with Gasteiger partial charge in [-0.2, -0.15) is 0 Å². The molecule has 0 saturated heterocycles. The molecule has 9 aromatic carbocycles. The minimum atomic E-state index is 0.579. The van der Waals surface area contributed by atoms with E-state index in [2.05, 4.69) is 170 Å². The van der Waals surface area contributed by atoms with Crippen LogP contribution in [0.5, 0.6) is 0 Å². The molecule has 266 valence electrons. The number of furan rings is 1. The third kappa shape index (κ3) is 5.74. The molecule has 0 aliphatic carbocycles. The zero-order valence-electron chi connectivity index (χ0n) is 30.8. The highest BCUT2D eigenvalue weighted by Crippen LogP contribution is 2.46. The fourth-order valence-electron chi connectivity index (χ4n) is 8.13. The van der Waals surface area contributed by atoms with Crippen molar-refractivity contribution in [2.24, 2.45) is 0 Å². The van der Waals surface area contributed by atoms with Gasteiger partial charge in [0, 0.05) is 38.6 Å². The molecule has 0 atom stereocenters. The molecule has 11 rings (SSSR count). The van der Waals surface area contributed by atoms with Crippen LogP contribution in [0.4, 0.5) is 0 Å². The fraction of sp³-hybridized carbons (Fsp3) is 0. The molecule has 4 heteroatoms. The van der Waals surface area contributed by atoms with Crippen molar-refractivity contribution in [1.82, 2.24) is 15.0 Å². The summed E-state index contributed by atoms with van der Waals surface area (Å²) in [4.78, 5) is 15.7.